The third-order valence-electron chi connectivity index (χ3n) is 12.8. The van der Waals surface area contributed by atoms with Crippen LogP contribution in [0.4, 0.5) is 17.1 Å². The molecule has 0 fully saturated rings. The van der Waals surface area contributed by atoms with E-state index in [1.807, 2.05) is 107 Å². The Morgan fingerprint density at radius 1 is 0.322 bits per heavy atom. The van der Waals surface area contributed by atoms with E-state index in [1.165, 1.54) is 60.4 Å². The second-order valence-corrected chi connectivity index (χ2v) is 20.5. The van der Waals surface area contributed by atoms with Gasteiger partial charge in [-0.05, 0) is 145 Å². The van der Waals surface area contributed by atoms with E-state index in [9.17, 15) is 0 Å². The molecule has 0 aliphatic rings. The summed E-state index contributed by atoms with van der Waals surface area (Å²) in [6.07, 6.45) is 3.14. The Morgan fingerprint density at radius 3 is 0.885 bits per heavy atom. The van der Waals surface area contributed by atoms with Gasteiger partial charge in [0.2, 0.25) is 0 Å². The number of aryl methyl sites for hydroxylation is 3. The van der Waals surface area contributed by atoms with Gasteiger partial charge in [-0.15, -0.1) is 0 Å². The minimum Gasteiger partial charge on any atom is -0.491 e. The number of hydrogen-bond donors (Lipinski definition) is 2. The van der Waals surface area contributed by atoms with Crippen molar-refractivity contribution in [3.63, 3.8) is 0 Å². The molecule has 0 atom stereocenters. The zero-order valence-corrected chi connectivity index (χ0v) is 53.5. The third kappa shape index (κ3) is 32.6. The summed E-state index contributed by atoms with van der Waals surface area (Å²) in [4.78, 5) is 2.10. The number of nitrogens with one attached hydrogen (secondary N) is 1. The molecule has 0 spiro atoms. The Bertz CT molecular complexity index is 2890. The van der Waals surface area contributed by atoms with Crippen LogP contribution in [0, 0.1) is 20.8 Å². The van der Waals surface area contributed by atoms with Crippen molar-refractivity contribution in [1.29, 1.82) is 0 Å². The SMILES string of the molecule is CCCOCCOCCOc1ccc2ccccc2c1.CCCOCCOCCOc1ccc2ccccc2c1.CCCOCCOCCOc1ccc2ccccc2c1.CNc1ccc(C)cc1.Cc1ccc(N(C)C)cc1.Cc1ccc(N)cc1. The Kier molecular flexibility index (Phi) is 37.6. The molecule has 0 aliphatic heterocycles. The average molecular weight is 1190 g/mol. The molecule has 9 aromatic rings. The fraction of sp³-hybridized carbons (Fsp3) is 0.360. The molecule has 0 unspecified atom stereocenters. The summed E-state index contributed by atoms with van der Waals surface area (Å²) >= 11 is 0. The van der Waals surface area contributed by atoms with Crippen molar-refractivity contribution in [2.24, 2.45) is 0 Å². The van der Waals surface area contributed by atoms with E-state index in [0.29, 0.717) is 79.3 Å². The minimum atomic E-state index is 0.562. The lowest BCUT2D eigenvalue weighted by Crippen LogP contribution is -2.11. The molecule has 87 heavy (non-hydrogen) atoms. The summed E-state index contributed by atoms with van der Waals surface area (Å²) in [7, 11) is 6.01. The Labute approximate surface area is 520 Å². The highest BCUT2D eigenvalue weighted by atomic mass is 16.6. The number of hydrogen-bond acceptors (Lipinski definition) is 12. The summed E-state index contributed by atoms with van der Waals surface area (Å²) in [5.74, 6) is 2.65. The predicted molar refractivity (Wildman–Crippen MR) is 366 cm³/mol. The van der Waals surface area contributed by atoms with Crippen LogP contribution >= 0.6 is 0 Å². The molecule has 9 aromatic carbocycles. The Balaban J connectivity index is 0.000000232. The maximum absolute atomic E-state index is 5.68. The third-order valence-corrected chi connectivity index (χ3v) is 12.8. The highest BCUT2D eigenvalue weighted by Gasteiger charge is 2.01. The van der Waals surface area contributed by atoms with Crippen LogP contribution in [0.3, 0.4) is 0 Å². The number of rotatable bonds is 29. The van der Waals surface area contributed by atoms with Crippen LogP contribution in [-0.2, 0) is 28.4 Å². The Hall–Kier alpha value is -7.68. The average Bonchev–Trinajstić information content (AvgIpc) is 3.47. The van der Waals surface area contributed by atoms with Gasteiger partial charge in [0.05, 0.1) is 59.5 Å². The summed E-state index contributed by atoms with van der Waals surface area (Å²) in [6, 6.07) is 67.7. The van der Waals surface area contributed by atoms with Crippen molar-refractivity contribution in [2.45, 2.75) is 60.8 Å². The van der Waals surface area contributed by atoms with Gasteiger partial charge in [-0.1, -0.05) is 165 Å². The van der Waals surface area contributed by atoms with Crippen molar-refractivity contribution in [1.82, 2.24) is 0 Å². The highest BCUT2D eigenvalue weighted by Crippen LogP contribution is 2.23. The molecule has 0 amide bonds. The summed E-state index contributed by atoms with van der Waals surface area (Å²) < 4.78 is 49.3. The first-order valence-corrected chi connectivity index (χ1v) is 30.6. The van der Waals surface area contributed by atoms with Crippen LogP contribution in [-0.4, -0.2) is 120 Å². The standard InChI is InChI=1S/3C17H22O3.C9H13N.C8H11N.C7H9N/c3*1-2-9-18-10-11-19-12-13-20-17-8-7-15-5-3-4-6-16(15)14-17;1-8-4-6-9(7-5-8)10(2)3;1-7-3-5-8(9-2)6-4-7;1-6-2-4-7(8)5-3-6/h3*3-8,14H,2,9-13H2,1H3;4-7H,1-3H3;3-6,9H,1-2H3;2-5H,8H2,1H3. The molecule has 0 saturated carbocycles. The van der Waals surface area contributed by atoms with Gasteiger partial charge in [0.15, 0.2) is 0 Å². The van der Waals surface area contributed by atoms with E-state index < -0.39 is 0 Å². The van der Waals surface area contributed by atoms with Gasteiger partial charge in [-0.2, -0.15) is 0 Å². The zero-order chi connectivity index (χ0) is 62.4. The number of nitrogens with zero attached hydrogens (tertiary/aromatic N) is 1. The van der Waals surface area contributed by atoms with Crippen LogP contribution < -0.4 is 30.2 Å². The number of benzene rings is 9. The van der Waals surface area contributed by atoms with E-state index in [4.69, 9.17) is 48.4 Å². The minimum absolute atomic E-state index is 0.562. The lowest BCUT2D eigenvalue weighted by Gasteiger charge is -2.11. The van der Waals surface area contributed by atoms with Crippen molar-refractivity contribution < 1.29 is 42.6 Å². The zero-order valence-electron chi connectivity index (χ0n) is 53.5. The first-order chi connectivity index (χ1) is 42.5. The first kappa shape index (κ1) is 71.8. The quantitative estimate of drug-likeness (QED) is 0.0343. The summed E-state index contributed by atoms with van der Waals surface area (Å²) in [5.41, 5.74) is 12.5. The van der Waals surface area contributed by atoms with Crippen LogP contribution in [0.1, 0.15) is 56.7 Å². The van der Waals surface area contributed by atoms with E-state index in [0.717, 1.165) is 62.0 Å². The van der Waals surface area contributed by atoms with E-state index in [1.54, 1.807) is 0 Å². The van der Waals surface area contributed by atoms with Crippen molar-refractivity contribution in [2.75, 3.05) is 136 Å². The van der Waals surface area contributed by atoms with Gasteiger partial charge >= 0.3 is 0 Å². The molecule has 468 valence electrons. The molecule has 12 nitrogen and oxygen atoms in total. The normalized spacial score (nSPS) is 10.4. The van der Waals surface area contributed by atoms with Crippen LogP contribution in [0.25, 0.3) is 32.3 Å². The Morgan fingerprint density at radius 2 is 0.598 bits per heavy atom. The van der Waals surface area contributed by atoms with Gasteiger partial charge in [0.1, 0.15) is 37.1 Å². The van der Waals surface area contributed by atoms with Crippen molar-refractivity contribution in [3.8, 4) is 17.2 Å². The maximum Gasteiger partial charge on any atom is 0.120 e. The number of nitrogens with two attached hydrogens (primary N) is 1. The largest absolute Gasteiger partial charge is 0.491 e. The molecule has 0 saturated heterocycles. The second-order valence-electron chi connectivity index (χ2n) is 20.5. The molecule has 0 aliphatic carbocycles. The smallest absolute Gasteiger partial charge is 0.120 e. The molecule has 0 bridgehead atoms. The lowest BCUT2D eigenvalue weighted by molar-refractivity contribution is 0.0366. The van der Waals surface area contributed by atoms with Gasteiger partial charge in [-0.3, -0.25) is 0 Å². The number of anilines is 3. The second kappa shape index (κ2) is 45.6. The molecule has 12 heteroatoms. The van der Waals surface area contributed by atoms with Gasteiger partial charge in [0, 0.05) is 58.0 Å². The molecule has 9 rings (SSSR count). The van der Waals surface area contributed by atoms with Crippen molar-refractivity contribution >= 4 is 49.4 Å². The molecular weight excluding hydrogens is 1090 g/mol. The first-order valence-electron chi connectivity index (χ1n) is 30.6. The fourth-order valence-electron chi connectivity index (χ4n) is 7.96. The van der Waals surface area contributed by atoms with Crippen molar-refractivity contribution in [3.05, 3.63) is 217 Å². The summed E-state index contributed by atoms with van der Waals surface area (Å²) in [5, 5.41) is 10.3. The molecular formula is C75H99N3O9. The number of fused-ring (bicyclic) bond motifs is 3. The van der Waals surface area contributed by atoms with Crippen LogP contribution in [0.2, 0.25) is 0 Å². The predicted octanol–water partition coefficient (Wildman–Crippen LogP) is 16.7. The topological polar surface area (TPSA) is 124 Å². The van der Waals surface area contributed by atoms with Gasteiger partial charge < -0.3 is 58.6 Å². The van der Waals surface area contributed by atoms with Crippen LogP contribution in [0.15, 0.2) is 200 Å². The van der Waals surface area contributed by atoms with E-state index >= 15 is 0 Å². The van der Waals surface area contributed by atoms with Gasteiger partial charge in [-0.25, -0.2) is 0 Å². The molecule has 3 N–H and O–H groups in total. The molecule has 0 heterocycles. The maximum atomic E-state index is 5.68. The molecule has 0 radical (unpaired) electrons. The summed E-state index contributed by atoms with van der Waals surface area (Å²) in [6.45, 7) is 22.2. The van der Waals surface area contributed by atoms with Gasteiger partial charge in [0.25, 0.3) is 0 Å². The van der Waals surface area contributed by atoms with E-state index in [2.05, 4.69) is 166 Å². The number of ether oxygens (including phenoxy) is 9. The monoisotopic (exact) mass is 1190 g/mol. The highest BCUT2D eigenvalue weighted by molar-refractivity contribution is 5.85. The van der Waals surface area contributed by atoms with E-state index in [-0.39, 0.29) is 0 Å². The number of nitrogen functional groups attached to an aromatic ring is 1. The fourth-order valence-corrected chi connectivity index (χ4v) is 7.96. The molecule has 0 aromatic heterocycles. The lowest BCUT2D eigenvalue weighted by atomic mass is 10.1. The van der Waals surface area contributed by atoms with Crippen LogP contribution in [0.5, 0.6) is 17.2 Å².